The maximum atomic E-state index is 11.4. The summed E-state index contributed by atoms with van der Waals surface area (Å²) in [6.07, 6.45) is 0. The third-order valence-electron chi connectivity index (χ3n) is 2.91. The molecule has 2 heterocycles. The van der Waals surface area contributed by atoms with Gasteiger partial charge in [-0.15, -0.1) is 0 Å². The summed E-state index contributed by atoms with van der Waals surface area (Å²) in [6, 6.07) is 0. The van der Waals surface area contributed by atoms with Gasteiger partial charge in [-0.2, -0.15) is 10.1 Å². The molecule has 0 radical (unpaired) electrons. The summed E-state index contributed by atoms with van der Waals surface area (Å²) in [5.41, 5.74) is 1.51. The zero-order valence-corrected chi connectivity index (χ0v) is 14.0. The summed E-state index contributed by atoms with van der Waals surface area (Å²) in [7, 11) is 1.81. The Balaban J connectivity index is 2.36. The molecule has 7 nitrogen and oxygen atoms in total. The molecular formula is C12H13BrN4O3S. The fourth-order valence-electron chi connectivity index (χ4n) is 1.89. The van der Waals surface area contributed by atoms with Gasteiger partial charge in [-0.1, -0.05) is 11.8 Å². The minimum absolute atomic E-state index is 0.0228. The molecule has 0 aliphatic carbocycles. The number of halogens is 1. The third-order valence-corrected chi connectivity index (χ3v) is 4.93. The summed E-state index contributed by atoms with van der Waals surface area (Å²) in [5.74, 6) is -0.660. The number of hydrogen-bond donors (Lipinski definition) is 2. The maximum Gasteiger partial charge on any atom is 0.346 e. The first kappa shape index (κ1) is 15.8. The monoisotopic (exact) mass is 372 g/mol. The van der Waals surface area contributed by atoms with Crippen molar-refractivity contribution in [2.75, 3.05) is 0 Å². The fourth-order valence-corrected chi connectivity index (χ4v) is 3.69. The van der Waals surface area contributed by atoms with E-state index in [1.807, 2.05) is 14.0 Å². The first-order chi connectivity index (χ1) is 9.81. The van der Waals surface area contributed by atoms with Gasteiger partial charge >= 0.3 is 11.7 Å². The van der Waals surface area contributed by atoms with Crippen LogP contribution < -0.4 is 5.69 Å². The quantitative estimate of drug-likeness (QED) is 0.627. The number of H-pyrrole nitrogens is 1. The Morgan fingerprint density at radius 3 is 2.67 bits per heavy atom. The van der Waals surface area contributed by atoms with Crippen LogP contribution in [0.15, 0.2) is 14.3 Å². The minimum Gasteiger partial charge on any atom is -0.478 e. The highest BCUT2D eigenvalue weighted by Crippen LogP contribution is 2.29. The van der Waals surface area contributed by atoms with Crippen LogP contribution in [0.4, 0.5) is 0 Å². The van der Waals surface area contributed by atoms with Crippen molar-refractivity contribution in [2.24, 2.45) is 7.05 Å². The number of carbonyl (C=O) groups is 1. The molecule has 0 amide bonds. The predicted molar refractivity (Wildman–Crippen MR) is 81.8 cm³/mol. The van der Waals surface area contributed by atoms with Gasteiger partial charge in [0.05, 0.1) is 15.9 Å². The molecule has 112 valence electrons. The summed E-state index contributed by atoms with van der Waals surface area (Å²) < 4.78 is 2.59. The first-order valence-corrected chi connectivity index (χ1v) is 7.74. The molecule has 0 spiro atoms. The van der Waals surface area contributed by atoms with E-state index in [0.717, 1.165) is 15.9 Å². The zero-order valence-electron chi connectivity index (χ0n) is 11.6. The first-order valence-electron chi connectivity index (χ1n) is 5.96. The molecule has 0 aliphatic rings. The van der Waals surface area contributed by atoms with E-state index in [1.54, 1.807) is 11.6 Å². The number of hydrogen-bond acceptors (Lipinski definition) is 5. The van der Waals surface area contributed by atoms with Crippen LogP contribution >= 0.6 is 27.7 Å². The molecule has 0 atom stereocenters. The number of aromatic nitrogens is 4. The van der Waals surface area contributed by atoms with E-state index in [4.69, 9.17) is 0 Å². The highest BCUT2D eigenvalue weighted by Gasteiger charge is 2.18. The van der Waals surface area contributed by atoms with E-state index in [-0.39, 0.29) is 10.6 Å². The second-order valence-corrected chi connectivity index (χ2v) is 6.17. The van der Waals surface area contributed by atoms with Gasteiger partial charge in [-0.3, -0.25) is 4.68 Å². The highest BCUT2D eigenvalue weighted by molar-refractivity contribution is 9.10. The van der Waals surface area contributed by atoms with E-state index >= 15 is 0 Å². The average Bonchev–Trinajstić information content (AvgIpc) is 2.59. The van der Waals surface area contributed by atoms with Gasteiger partial charge in [0.2, 0.25) is 0 Å². The molecule has 0 saturated carbocycles. The molecule has 2 aromatic heterocycles. The summed E-state index contributed by atoms with van der Waals surface area (Å²) in [5, 5.41) is 13.7. The van der Waals surface area contributed by atoms with Crippen molar-refractivity contribution in [2.45, 2.75) is 24.6 Å². The molecule has 0 aliphatic heterocycles. The Hall–Kier alpha value is -1.61. The lowest BCUT2D eigenvalue weighted by Crippen LogP contribution is -2.18. The topological polar surface area (TPSA) is 101 Å². The van der Waals surface area contributed by atoms with Crippen LogP contribution in [0.3, 0.4) is 0 Å². The van der Waals surface area contributed by atoms with Crippen molar-refractivity contribution in [3.05, 3.63) is 37.6 Å². The van der Waals surface area contributed by atoms with E-state index in [9.17, 15) is 14.7 Å². The van der Waals surface area contributed by atoms with Gasteiger partial charge in [-0.05, 0) is 29.8 Å². The number of aromatic amines is 1. The lowest BCUT2D eigenvalue weighted by Gasteiger charge is -2.07. The Kier molecular flexibility index (Phi) is 4.52. The number of aromatic carboxylic acids is 1. The number of thioether (sulfide) groups is 1. The van der Waals surface area contributed by atoms with Crippen molar-refractivity contribution in [1.82, 2.24) is 19.7 Å². The van der Waals surface area contributed by atoms with Gasteiger partial charge in [0.1, 0.15) is 10.6 Å². The Morgan fingerprint density at radius 2 is 2.14 bits per heavy atom. The van der Waals surface area contributed by atoms with Crippen LogP contribution in [-0.4, -0.2) is 30.8 Å². The molecule has 0 unspecified atom stereocenters. The second kappa shape index (κ2) is 6.02. The van der Waals surface area contributed by atoms with Gasteiger partial charge in [0, 0.05) is 18.5 Å². The normalized spacial score (nSPS) is 10.9. The van der Waals surface area contributed by atoms with Crippen LogP contribution in [-0.2, 0) is 12.8 Å². The lowest BCUT2D eigenvalue weighted by molar-refractivity contribution is 0.0690. The largest absolute Gasteiger partial charge is 0.478 e. The highest BCUT2D eigenvalue weighted by atomic mass is 79.9. The van der Waals surface area contributed by atoms with Crippen molar-refractivity contribution >= 4 is 33.7 Å². The van der Waals surface area contributed by atoms with Crippen LogP contribution in [0.1, 0.15) is 27.4 Å². The van der Waals surface area contributed by atoms with Crippen molar-refractivity contribution in [1.29, 1.82) is 0 Å². The number of aryl methyl sites for hydroxylation is 3. The van der Waals surface area contributed by atoms with E-state index in [0.29, 0.717) is 11.4 Å². The van der Waals surface area contributed by atoms with Crippen LogP contribution in [0.5, 0.6) is 0 Å². The SMILES string of the molecule is Cc1nn(C)c(CSc2nc(=O)[nH]c(C)c2C(=O)O)c1Br. The van der Waals surface area contributed by atoms with E-state index in [1.165, 1.54) is 11.8 Å². The Morgan fingerprint density at radius 1 is 1.48 bits per heavy atom. The summed E-state index contributed by atoms with van der Waals surface area (Å²) in [6.45, 7) is 3.41. The standard InChI is InChI=1S/C12H13BrN4O3S/c1-5-8(11(18)19)10(15-12(20)14-5)21-4-7-9(13)6(2)16-17(7)3/h4H2,1-3H3,(H,18,19)(H,14,15,20). The van der Waals surface area contributed by atoms with Crippen LogP contribution in [0.25, 0.3) is 0 Å². The number of nitrogens with one attached hydrogen (secondary N) is 1. The Bertz CT molecular complexity index is 769. The number of carboxylic acid groups (broad SMARTS) is 1. The Labute approximate surface area is 132 Å². The van der Waals surface area contributed by atoms with Gasteiger partial charge in [0.15, 0.2) is 0 Å². The molecule has 0 fully saturated rings. The molecule has 21 heavy (non-hydrogen) atoms. The number of carboxylic acids is 1. The van der Waals surface area contributed by atoms with Gasteiger partial charge in [-0.25, -0.2) is 9.59 Å². The van der Waals surface area contributed by atoms with Crippen molar-refractivity contribution < 1.29 is 9.90 Å². The van der Waals surface area contributed by atoms with Crippen molar-refractivity contribution in [3.8, 4) is 0 Å². The van der Waals surface area contributed by atoms with Crippen LogP contribution in [0, 0.1) is 13.8 Å². The molecule has 0 aromatic carbocycles. The summed E-state index contributed by atoms with van der Waals surface area (Å²) >= 11 is 4.65. The summed E-state index contributed by atoms with van der Waals surface area (Å²) in [4.78, 5) is 28.9. The molecular weight excluding hydrogens is 360 g/mol. The van der Waals surface area contributed by atoms with Crippen LogP contribution in [0.2, 0.25) is 0 Å². The average molecular weight is 373 g/mol. The minimum atomic E-state index is -1.11. The van der Waals surface area contributed by atoms with Gasteiger partial charge in [0.25, 0.3) is 0 Å². The molecule has 2 N–H and O–H groups in total. The molecule has 0 bridgehead atoms. The predicted octanol–water partition coefficient (Wildman–Crippen LogP) is 1.87. The third kappa shape index (κ3) is 3.18. The lowest BCUT2D eigenvalue weighted by atomic mass is 10.2. The van der Waals surface area contributed by atoms with E-state index in [2.05, 4.69) is 31.0 Å². The number of rotatable bonds is 4. The molecule has 9 heteroatoms. The molecule has 2 aromatic rings. The number of nitrogens with zero attached hydrogens (tertiary/aromatic N) is 3. The second-order valence-electron chi connectivity index (χ2n) is 4.41. The van der Waals surface area contributed by atoms with E-state index < -0.39 is 11.7 Å². The molecule has 2 rings (SSSR count). The maximum absolute atomic E-state index is 11.4. The molecule has 0 saturated heterocycles. The van der Waals surface area contributed by atoms with Gasteiger partial charge < -0.3 is 10.1 Å². The zero-order chi connectivity index (χ0) is 15.7. The fraction of sp³-hybridized carbons (Fsp3) is 0.333. The van der Waals surface area contributed by atoms with Crippen molar-refractivity contribution in [3.63, 3.8) is 0 Å². The smallest absolute Gasteiger partial charge is 0.346 e.